The highest BCUT2D eigenvalue weighted by molar-refractivity contribution is 6.31. The monoisotopic (exact) mass is 210 g/mol. The van der Waals surface area contributed by atoms with Gasteiger partial charge in [0.15, 0.2) is 0 Å². The maximum absolute atomic E-state index is 11.4. The van der Waals surface area contributed by atoms with Crippen LogP contribution < -0.4 is 10.6 Å². The van der Waals surface area contributed by atoms with E-state index in [9.17, 15) is 4.79 Å². The van der Waals surface area contributed by atoms with Gasteiger partial charge in [-0.25, -0.2) is 0 Å². The zero-order valence-electron chi connectivity index (χ0n) is 7.77. The first-order chi connectivity index (χ1) is 6.61. The van der Waals surface area contributed by atoms with Gasteiger partial charge in [-0.05, 0) is 25.1 Å². The lowest BCUT2D eigenvalue weighted by Crippen LogP contribution is -2.67. The Morgan fingerprint density at radius 3 is 2.79 bits per heavy atom. The van der Waals surface area contributed by atoms with E-state index < -0.39 is 0 Å². The van der Waals surface area contributed by atoms with Crippen molar-refractivity contribution in [2.45, 2.75) is 19.0 Å². The van der Waals surface area contributed by atoms with E-state index in [1.54, 1.807) is 17.0 Å². The SMILES string of the molecule is C[C@H]1[C@H](N)C(=O)N1c1cccc(Cl)c1. The van der Waals surface area contributed by atoms with E-state index >= 15 is 0 Å². The van der Waals surface area contributed by atoms with Gasteiger partial charge in [0.05, 0.1) is 6.04 Å². The number of hydrogen-bond donors (Lipinski definition) is 1. The van der Waals surface area contributed by atoms with Crippen molar-refractivity contribution in [1.82, 2.24) is 0 Å². The van der Waals surface area contributed by atoms with Crippen LogP contribution >= 0.6 is 11.6 Å². The number of carbonyl (C=O) groups excluding carboxylic acids is 1. The summed E-state index contributed by atoms with van der Waals surface area (Å²) in [5.74, 6) is -0.0419. The molecule has 3 nitrogen and oxygen atoms in total. The molecular formula is C10H11ClN2O. The van der Waals surface area contributed by atoms with Crippen molar-refractivity contribution in [3.05, 3.63) is 29.3 Å². The quantitative estimate of drug-likeness (QED) is 0.713. The second-order valence-corrected chi connectivity index (χ2v) is 3.89. The number of nitrogens with two attached hydrogens (primary N) is 1. The summed E-state index contributed by atoms with van der Waals surface area (Å²) in [5, 5.41) is 0.628. The normalized spacial score (nSPS) is 26.2. The number of amides is 1. The summed E-state index contributed by atoms with van der Waals surface area (Å²) in [5.41, 5.74) is 6.42. The number of benzene rings is 1. The number of rotatable bonds is 1. The molecule has 1 amide bonds. The Morgan fingerprint density at radius 2 is 2.21 bits per heavy atom. The molecule has 14 heavy (non-hydrogen) atoms. The largest absolute Gasteiger partial charge is 0.318 e. The Labute approximate surface area is 87.4 Å². The van der Waals surface area contributed by atoms with Gasteiger partial charge in [0.2, 0.25) is 5.91 Å². The first-order valence-corrected chi connectivity index (χ1v) is 4.83. The fourth-order valence-corrected chi connectivity index (χ4v) is 1.82. The molecule has 0 aliphatic carbocycles. The lowest BCUT2D eigenvalue weighted by atomic mass is 9.97. The van der Waals surface area contributed by atoms with E-state index in [2.05, 4.69) is 0 Å². The van der Waals surface area contributed by atoms with Crippen molar-refractivity contribution in [3.63, 3.8) is 0 Å². The second kappa shape index (κ2) is 3.26. The average Bonchev–Trinajstić information content (AvgIpc) is 2.18. The molecule has 2 N–H and O–H groups in total. The van der Waals surface area contributed by atoms with Gasteiger partial charge in [0, 0.05) is 10.7 Å². The van der Waals surface area contributed by atoms with Crippen LogP contribution in [0.1, 0.15) is 6.92 Å². The van der Waals surface area contributed by atoms with Crippen molar-refractivity contribution in [3.8, 4) is 0 Å². The minimum absolute atomic E-state index is 0.0419. The Hall–Kier alpha value is -1.06. The van der Waals surface area contributed by atoms with Gasteiger partial charge in [-0.2, -0.15) is 0 Å². The van der Waals surface area contributed by atoms with Gasteiger partial charge < -0.3 is 10.6 Å². The van der Waals surface area contributed by atoms with Crippen LogP contribution in [0.3, 0.4) is 0 Å². The van der Waals surface area contributed by atoms with Crippen LogP contribution in [-0.2, 0) is 4.79 Å². The lowest BCUT2D eigenvalue weighted by molar-refractivity contribution is -0.125. The van der Waals surface area contributed by atoms with E-state index in [-0.39, 0.29) is 18.0 Å². The highest BCUT2D eigenvalue weighted by Gasteiger charge is 2.42. The van der Waals surface area contributed by atoms with E-state index in [4.69, 9.17) is 17.3 Å². The van der Waals surface area contributed by atoms with Crippen molar-refractivity contribution in [1.29, 1.82) is 0 Å². The van der Waals surface area contributed by atoms with Crippen molar-refractivity contribution >= 4 is 23.2 Å². The third-order valence-electron chi connectivity index (χ3n) is 2.54. The maximum atomic E-state index is 11.4. The van der Waals surface area contributed by atoms with Gasteiger partial charge in [-0.3, -0.25) is 4.79 Å². The first kappa shape index (κ1) is 9.49. The van der Waals surface area contributed by atoms with Gasteiger partial charge >= 0.3 is 0 Å². The van der Waals surface area contributed by atoms with Crippen molar-refractivity contribution in [2.24, 2.45) is 5.73 Å². The number of β-lactam (4-membered cyclic amide) rings is 1. The molecule has 1 aromatic rings. The van der Waals surface area contributed by atoms with Gasteiger partial charge in [0.1, 0.15) is 6.04 Å². The molecule has 4 heteroatoms. The molecule has 0 unspecified atom stereocenters. The van der Waals surface area contributed by atoms with E-state index in [1.165, 1.54) is 0 Å². The van der Waals surface area contributed by atoms with Crippen LogP contribution in [0.2, 0.25) is 5.02 Å². The Bertz CT molecular complexity index is 380. The third kappa shape index (κ3) is 1.29. The number of carbonyl (C=O) groups is 1. The zero-order valence-corrected chi connectivity index (χ0v) is 8.53. The Balaban J connectivity index is 2.29. The molecule has 1 saturated heterocycles. The van der Waals surface area contributed by atoms with Crippen LogP contribution in [0.4, 0.5) is 5.69 Å². The third-order valence-corrected chi connectivity index (χ3v) is 2.77. The number of anilines is 1. The van der Waals surface area contributed by atoms with E-state index in [0.717, 1.165) is 5.69 Å². The molecule has 0 aromatic heterocycles. The molecule has 0 spiro atoms. The van der Waals surface area contributed by atoms with E-state index in [1.807, 2.05) is 19.1 Å². The minimum Gasteiger partial charge on any atom is -0.318 e. The van der Waals surface area contributed by atoms with Crippen molar-refractivity contribution in [2.75, 3.05) is 4.90 Å². The highest BCUT2D eigenvalue weighted by atomic mass is 35.5. The summed E-state index contributed by atoms with van der Waals surface area (Å²) >= 11 is 5.83. The predicted octanol–water partition coefficient (Wildman–Crippen LogP) is 1.40. The summed E-state index contributed by atoms with van der Waals surface area (Å²) in [7, 11) is 0. The maximum Gasteiger partial charge on any atom is 0.246 e. The number of halogens is 1. The molecule has 1 fully saturated rings. The second-order valence-electron chi connectivity index (χ2n) is 3.45. The standard InChI is InChI=1S/C10H11ClN2O/c1-6-9(12)10(14)13(6)8-4-2-3-7(11)5-8/h2-6,9H,12H2,1H3/t6-,9-/m0/s1. The Morgan fingerprint density at radius 1 is 1.50 bits per heavy atom. The number of nitrogens with zero attached hydrogens (tertiary/aromatic N) is 1. The molecule has 0 bridgehead atoms. The van der Waals surface area contributed by atoms with Crippen LogP contribution in [0, 0.1) is 0 Å². The van der Waals surface area contributed by atoms with Crippen LogP contribution in [0.15, 0.2) is 24.3 Å². The highest BCUT2D eigenvalue weighted by Crippen LogP contribution is 2.28. The molecule has 2 rings (SSSR count). The smallest absolute Gasteiger partial charge is 0.246 e. The summed E-state index contributed by atoms with van der Waals surface area (Å²) in [6.45, 7) is 1.92. The molecule has 74 valence electrons. The van der Waals surface area contributed by atoms with Crippen LogP contribution in [0.5, 0.6) is 0 Å². The minimum atomic E-state index is -0.367. The fourth-order valence-electron chi connectivity index (χ4n) is 1.63. The topological polar surface area (TPSA) is 46.3 Å². The summed E-state index contributed by atoms with van der Waals surface area (Å²) in [4.78, 5) is 13.1. The summed E-state index contributed by atoms with van der Waals surface area (Å²) in [6, 6.07) is 6.91. The molecule has 0 radical (unpaired) electrons. The zero-order chi connectivity index (χ0) is 10.3. The molecular weight excluding hydrogens is 200 g/mol. The molecule has 1 heterocycles. The number of hydrogen-bond acceptors (Lipinski definition) is 2. The summed E-state index contributed by atoms with van der Waals surface area (Å²) < 4.78 is 0. The first-order valence-electron chi connectivity index (χ1n) is 4.45. The summed E-state index contributed by atoms with van der Waals surface area (Å²) in [6.07, 6.45) is 0. The van der Waals surface area contributed by atoms with Crippen LogP contribution in [0.25, 0.3) is 0 Å². The average molecular weight is 211 g/mol. The van der Waals surface area contributed by atoms with Gasteiger partial charge in [0.25, 0.3) is 0 Å². The lowest BCUT2D eigenvalue weighted by Gasteiger charge is -2.43. The van der Waals surface area contributed by atoms with Crippen molar-refractivity contribution < 1.29 is 4.79 Å². The molecule has 1 aliphatic rings. The predicted molar refractivity (Wildman–Crippen MR) is 56.4 cm³/mol. The van der Waals surface area contributed by atoms with Crippen LogP contribution in [-0.4, -0.2) is 18.0 Å². The molecule has 2 atom stereocenters. The fraction of sp³-hybridized carbons (Fsp3) is 0.300. The molecule has 1 aromatic carbocycles. The van der Waals surface area contributed by atoms with E-state index in [0.29, 0.717) is 5.02 Å². The van der Waals surface area contributed by atoms with Gasteiger partial charge in [-0.1, -0.05) is 17.7 Å². The Kier molecular flexibility index (Phi) is 2.21. The molecule has 1 aliphatic heterocycles. The molecule has 0 saturated carbocycles. The van der Waals surface area contributed by atoms with Gasteiger partial charge in [-0.15, -0.1) is 0 Å².